The largest absolute Gasteiger partial charge is 0.399 e. The summed E-state index contributed by atoms with van der Waals surface area (Å²) >= 11 is 0. The number of aryl methyl sites for hydroxylation is 1. The first-order chi connectivity index (χ1) is 12.5. The lowest BCUT2D eigenvalue weighted by Gasteiger charge is -2.26. The maximum absolute atomic E-state index is 13.1. The summed E-state index contributed by atoms with van der Waals surface area (Å²) in [4.78, 5) is 24.1. The van der Waals surface area contributed by atoms with Crippen LogP contribution >= 0.6 is 0 Å². The summed E-state index contributed by atoms with van der Waals surface area (Å²) in [7, 11) is 0. The molecule has 0 radical (unpaired) electrons. The van der Waals surface area contributed by atoms with Gasteiger partial charge in [-0.3, -0.25) is 9.59 Å². The molecule has 0 heterocycles. The van der Waals surface area contributed by atoms with E-state index in [0.29, 0.717) is 5.56 Å². The molecule has 136 valence electrons. The molecule has 0 fully saturated rings. The Morgan fingerprint density at radius 1 is 1.15 bits per heavy atom. The molecule has 0 spiro atoms. The Hall–Kier alpha value is -2.89. The number of nitrogen functional groups attached to an aromatic ring is 1. The highest BCUT2D eigenvalue weighted by molar-refractivity contribution is 5.85. The van der Waals surface area contributed by atoms with Gasteiger partial charge in [0.1, 0.15) is 5.82 Å². The van der Waals surface area contributed by atoms with Gasteiger partial charge >= 0.3 is 0 Å². The summed E-state index contributed by atoms with van der Waals surface area (Å²) in [5, 5.41) is 5.55. The van der Waals surface area contributed by atoms with Crippen LogP contribution in [0.1, 0.15) is 35.6 Å². The van der Waals surface area contributed by atoms with E-state index in [-0.39, 0.29) is 36.6 Å². The van der Waals surface area contributed by atoms with Crippen LogP contribution in [0.2, 0.25) is 0 Å². The van der Waals surface area contributed by atoms with Crippen LogP contribution in [0.4, 0.5) is 10.1 Å². The van der Waals surface area contributed by atoms with Crippen molar-refractivity contribution in [2.24, 2.45) is 0 Å². The predicted molar refractivity (Wildman–Crippen MR) is 97.8 cm³/mol. The first-order valence-electron chi connectivity index (χ1n) is 8.70. The number of benzene rings is 2. The highest BCUT2D eigenvalue weighted by atomic mass is 19.1. The fraction of sp³-hybridized carbons (Fsp3) is 0.300. The maximum Gasteiger partial charge on any atom is 0.239 e. The van der Waals surface area contributed by atoms with E-state index < -0.39 is 0 Å². The molecule has 2 aromatic rings. The second kappa shape index (κ2) is 7.99. The summed E-state index contributed by atoms with van der Waals surface area (Å²) in [5.74, 6) is -0.945. The number of carbonyl (C=O) groups excluding carboxylic acids is 2. The third-order valence-electron chi connectivity index (χ3n) is 4.52. The van der Waals surface area contributed by atoms with Crippen LogP contribution in [0, 0.1) is 5.82 Å². The molecule has 1 unspecified atom stereocenters. The Labute approximate surface area is 151 Å². The molecule has 1 aliphatic rings. The van der Waals surface area contributed by atoms with Crippen LogP contribution in [0.25, 0.3) is 0 Å². The molecule has 0 saturated carbocycles. The van der Waals surface area contributed by atoms with Gasteiger partial charge in [-0.05, 0) is 60.2 Å². The van der Waals surface area contributed by atoms with Crippen molar-refractivity contribution in [3.63, 3.8) is 0 Å². The highest BCUT2D eigenvalue weighted by Crippen LogP contribution is 2.30. The summed E-state index contributed by atoms with van der Waals surface area (Å²) in [6.45, 7) is -0.102. The number of halogens is 1. The summed E-state index contributed by atoms with van der Waals surface area (Å²) in [6, 6.07) is 11.5. The lowest BCUT2D eigenvalue weighted by atomic mass is 9.87. The van der Waals surface area contributed by atoms with Crippen molar-refractivity contribution in [3.05, 3.63) is 65.0 Å². The molecule has 0 bridgehead atoms. The summed E-state index contributed by atoms with van der Waals surface area (Å²) < 4.78 is 13.1. The molecule has 26 heavy (non-hydrogen) atoms. The minimum Gasteiger partial charge on any atom is -0.399 e. The van der Waals surface area contributed by atoms with E-state index in [1.54, 1.807) is 12.1 Å². The van der Waals surface area contributed by atoms with Crippen LogP contribution in [0.15, 0.2) is 42.5 Å². The van der Waals surface area contributed by atoms with Gasteiger partial charge in [-0.1, -0.05) is 18.2 Å². The Kier molecular flexibility index (Phi) is 5.51. The van der Waals surface area contributed by atoms with Crippen LogP contribution < -0.4 is 16.4 Å². The van der Waals surface area contributed by atoms with Gasteiger partial charge in [0.2, 0.25) is 11.8 Å². The number of hydrogen-bond donors (Lipinski definition) is 3. The van der Waals surface area contributed by atoms with E-state index in [9.17, 15) is 14.0 Å². The molecule has 1 atom stereocenters. The van der Waals surface area contributed by atoms with Crippen molar-refractivity contribution in [1.82, 2.24) is 10.6 Å². The minimum absolute atomic E-state index is 0.0383. The molecule has 0 aromatic heterocycles. The normalized spacial score (nSPS) is 15.8. The number of fused-ring (bicyclic) bond motifs is 1. The van der Waals surface area contributed by atoms with E-state index in [0.717, 1.165) is 36.1 Å². The Morgan fingerprint density at radius 3 is 2.81 bits per heavy atom. The van der Waals surface area contributed by atoms with Crippen LogP contribution in [0.5, 0.6) is 0 Å². The quantitative estimate of drug-likeness (QED) is 0.720. The number of nitrogens with one attached hydrogen (secondary N) is 2. The summed E-state index contributed by atoms with van der Waals surface area (Å²) in [6.07, 6.45) is 2.83. The molecule has 0 aliphatic heterocycles. The number of rotatable bonds is 5. The van der Waals surface area contributed by atoms with E-state index >= 15 is 0 Å². The van der Waals surface area contributed by atoms with E-state index in [1.807, 2.05) is 18.2 Å². The van der Waals surface area contributed by atoms with Crippen molar-refractivity contribution in [2.45, 2.75) is 31.7 Å². The minimum atomic E-state index is -0.385. The number of amides is 2. The zero-order valence-electron chi connectivity index (χ0n) is 14.4. The van der Waals surface area contributed by atoms with Gasteiger partial charge in [-0.15, -0.1) is 0 Å². The molecule has 1 aliphatic carbocycles. The predicted octanol–water partition coefficient (Wildman–Crippen LogP) is 2.26. The average Bonchev–Trinajstić information content (AvgIpc) is 2.60. The SMILES string of the molecule is Nc1ccc2c(c1)CCCC2NC(=O)CNC(=O)Cc1cccc(F)c1. The first-order valence-corrected chi connectivity index (χ1v) is 8.70. The number of anilines is 1. The van der Waals surface area contributed by atoms with Gasteiger partial charge in [0.05, 0.1) is 19.0 Å². The molecule has 2 aromatic carbocycles. The molecule has 2 amide bonds. The molecule has 6 heteroatoms. The fourth-order valence-electron chi connectivity index (χ4n) is 3.30. The molecule has 3 rings (SSSR count). The Morgan fingerprint density at radius 2 is 2.00 bits per heavy atom. The van der Waals surface area contributed by atoms with Crippen molar-refractivity contribution in [3.8, 4) is 0 Å². The van der Waals surface area contributed by atoms with Crippen LogP contribution in [-0.2, 0) is 22.4 Å². The van der Waals surface area contributed by atoms with E-state index in [4.69, 9.17) is 5.73 Å². The third kappa shape index (κ3) is 4.59. The Balaban J connectivity index is 1.51. The zero-order valence-corrected chi connectivity index (χ0v) is 14.4. The summed E-state index contributed by atoms with van der Waals surface area (Å²) in [5.41, 5.74) is 9.37. The monoisotopic (exact) mass is 355 g/mol. The second-order valence-corrected chi connectivity index (χ2v) is 6.55. The van der Waals surface area contributed by atoms with Crippen molar-refractivity contribution in [2.75, 3.05) is 12.3 Å². The maximum atomic E-state index is 13.1. The van der Waals surface area contributed by atoms with E-state index in [1.165, 1.54) is 12.1 Å². The number of carbonyl (C=O) groups is 2. The molecular weight excluding hydrogens is 333 g/mol. The van der Waals surface area contributed by atoms with Gasteiger partial charge in [-0.25, -0.2) is 4.39 Å². The van der Waals surface area contributed by atoms with Gasteiger partial charge in [0.25, 0.3) is 0 Å². The van der Waals surface area contributed by atoms with Crippen LogP contribution in [-0.4, -0.2) is 18.4 Å². The van der Waals surface area contributed by atoms with Crippen molar-refractivity contribution in [1.29, 1.82) is 0 Å². The van der Waals surface area contributed by atoms with Gasteiger partial charge < -0.3 is 16.4 Å². The lowest BCUT2D eigenvalue weighted by Crippen LogP contribution is -2.40. The van der Waals surface area contributed by atoms with Crippen molar-refractivity contribution < 1.29 is 14.0 Å². The molecular formula is C20H22FN3O2. The Bertz CT molecular complexity index is 822. The topological polar surface area (TPSA) is 84.2 Å². The standard InChI is InChI=1S/C20H22FN3O2/c21-15-5-1-3-13(9-15)10-19(25)23-12-20(26)24-18-6-2-4-14-11-16(22)7-8-17(14)18/h1,3,5,7-9,11,18H,2,4,6,10,12,22H2,(H,23,25)(H,24,26). The second-order valence-electron chi connectivity index (χ2n) is 6.55. The fourth-order valence-corrected chi connectivity index (χ4v) is 3.30. The van der Waals surface area contributed by atoms with E-state index in [2.05, 4.69) is 10.6 Å². The van der Waals surface area contributed by atoms with Gasteiger partial charge in [-0.2, -0.15) is 0 Å². The lowest BCUT2D eigenvalue weighted by molar-refractivity contribution is -0.126. The molecule has 4 N–H and O–H groups in total. The first kappa shape index (κ1) is 17.9. The van der Waals surface area contributed by atoms with Crippen LogP contribution in [0.3, 0.4) is 0 Å². The average molecular weight is 355 g/mol. The molecule has 5 nitrogen and oxygen atoms in total. The smallest absolute Gasteiger partial charge is 0.239 e. The van der Waals surface area contributed by atoms with Gasteiger partial charge in [0.15, 0.2) is 0 Å². The zero-order chi connectivity index (χ0) is 18.5. The number of hydrogen-bond acceptors (Lipinski definition) is 3. The van der Waals surface area contributed by atoms with Gasteiger partial charge in [0, 0.05) is 5.69 Å². The number of nitrogens with two attached hydrogens (primary N) is 1. The van der Waals surface area contributed by atoms with Crippen molar-refractivity contribution >= 4 is 17.5 Å². The molecule has 0 saturated heterocycles. The third-order valence-corrected chi connectivity index (χ3v) is 4.52. The highest BCUT2D eigenvalue weighted by Gasteiger charge is 2.22.